The number of nitrogens with zero attached hydrogens (tertiary/aromatic N) is 4. The monoisotopic (exact) mass is 379 g/mol. The van der Waals surface area contributed by atoms with Crippen molar-refractivity contribution >= 4 is 35.6 Å². The second-order valence-electron chi connectivity index (χ2n) is 6.47. The minimum atomic E-state index is -0.440. The number of aliphatic imine (C=N–C) groups is 1. The maximum Gasteiger partial charge on any atom is 0.414 e. The van der Waals surface area contributed by atoms with E-state index >= 15 is 0 Å². The van der Waals surface area contributed by atoms with Crippen LogP contribution in [-0.2, 0) is 4.74 Å². The number of hydrazine groups is 1. The van der Waals surface area contributed by atoms with Gasteiger partial charge in [0.25, 0.3) is 0 Å². The number of ether oxygens (including phenoxy) is 1. The van der Waals surface area contributed by atoms with E-state index in [2.05, 4.69) is 15.3 Å². The third kappa shape index (κ3) is 3.73. The average molecular weight is 379 g/mol. The molecule has 3 heterocycles. The van der Waals surface area contributed by atoms with Crippen LogP contribution in [0.4, 0.5) is 20.6 Å². The topological polar surface area (TPSA) is 60.4 Å². The SMILES string of the molecule is O=C1OC(CN2C=NCN2)CN1c1ccc(N2CCCSCC2)c(F)c1. The van der Waals surface area contributed by atoms with E-state index in [0.717, 1.165) is 31.0 Å². The van der Waals surface area contributed by atoms with Crippen LogP contribution in [0.2, 0.25) is 0 Å². The number of thioether (sulfide) groups is 1. The summed E-state index contributed by atoms with van der Waals surface area (Å²) in [4.78, 5) is 19.8. The first-order chi connectivity index (χ1) is 12.7. The van der Waals surface area contributed by atoms with Gasteiger partial charge in [0.15, 0.2) is 0 Å². The number of halogens is 1. The van der Waals surface area contributed by atoms with E-state index in [9.17, 15) is 9.18 Å². The quantitative estimate of drug-likeness (QED) is 0.862. The van der Waals surface area contributed by atoms with E-state index in [1.165, 1.54) is 11.0 Å². The van der Waals surface area contributed by atoms with Crippen molar-refractivity contribution in [3.05, 3.63) is 24.0 Å². The highest BCUT2D eigenvalue weighted by atomic mass is 32.2. The van der Waals surface area contributed by atoms with Gasteiger partial charge in [-0.2, -0.15) is 11.8 Å². The molecule has 1 N–H and O–H groups in total. The highest BCUT2D eigenvalue weighted by Gasteiger charge is 2.34. The molecular formula is C17H22FN5O2S. The van der Waals surface area contributed by atoms with Gasteiger partial charge in [-0.1, -0.05) is 0 Å². The van der Waals surface area contributed by atoms with E-state index in [4.69, 9.17) is 4.74 Å². The van der Waals surface area contributed by atoms with Crippen LogP contribution in [0.15, 0.2) is 23.2 Å². The lowest BCUT2D eigenvalue weighted by atomic mass is 10.2. The van der Waals surface area contributed by atoms with Crippen LogP contribution in [0.1, 0.15) is 6.42 Å². The number of benzene rings is 1. The summed E-state index contributed by atoms with van der Waals surface area (Å²) in [6, 6.07) is 5.01. The molecule has 0 spiro atoms. The largest absolute Gasteiger partial charge is 0.442 e. The van der Waals surface area contributed by atoms with Gasteiger partial charge in [0.2, 0.25) is 0 Å². The smallest absolute Gasteiger partial charge is 0.414 e. The molecule has 140 valence electrons. The molecule has 1 aromatic rings. The van der Waals surface area contributed by atoms with Crippen molar-refractivity contribution in [3.8, 4) is 0 Å². The normalized spacial score (nSPS) is 23.5. The molecule has 0 aliphatic carbocycles. The molecule has 3 aliphatic heterocycles. The minimum Gasteiger partial charge on any atom is -0.442 e. The van der Waals surface area contributed by atoms with Gasteiger partial charge in [0, 0.05) is 18.8 Å². The Kier molecular flexibility index (Phi) is 5.16. The number of cyclic esters (lactones) is 1. The van der Waals surface area contributed by atoms with Crippen LogP contribution in [0.5, 0.6) is 0 Å². The molecule has 1 unspecified atom stereocenters. The van der Waals surface area contributed by atoms with E-state index in [1.54, 1.807) is 23.5 Å². The Bertz CT molecular complexity index is 696. The number of carbonyl (C=O) groups is 1. The first kappa shape index (κ1) is 17.4. The predicted molar refractivity (Wildman–Crippen MR) is 101 cm³/mol. The van der Waals surface area contributed by atoms with Gasteiger partial charge in [-0.3, -0.25) is 14.9 Å². The molecule has 9 heteroatoms. The van der Waals surface area contributed by atoms with Crippen molar-refractivity contribution in [1.29, 1.82) is 0 Å². The summed E-state index contributed by atoms with van der Waals surface area (Å²) >= 11 is 1.91. The molecule has 26 heavy (non-hydrogen) atoms. The zero-order valence-corrected chi connectivity index (χ0v) is 15.3. The lowest BCUT2D eigenvalue weighted by Crippen LogP contribution is -2.39. The van der Waals surface area contributed by atoms with Gasteiger partial charge < -0.3 is 9.64 Å². The fourth-order valence-electron chi connectivity index (χ4n) is 3.38. The van der Waals surface area contributed by atoms with Gasteiger partial charge in [-0.05, 0) is 30.4 Å². The summed E-state index contributed by atoms with van der Waals surface area (Å²) in [5.41, 5.74) is 4.19. The summed E-state index contributed by atoms with van der Waals surface area (Å²) < 4.78 is 20.1. The van der Waals surface area contributed by atoms with E-state index in [-0.39, 0.29) is 11.9 Å². The number of amides is 1. The van der Waals surface area contributed by atoms with E-state index in [1.807, 2.05) is 11.8 Å². The highest BCUT2D eigenvalue weighted by molar-refractivity contribution is 7.99. The highest BCUT2D eigenvalue weighted by Crippen LogP contribution is 2.29. The lowest BCUT2D eigenvalue weighted by Gasteiger charge is -2.24. The maximum atomic E-state index is 14.7. The molecule has 1 atom stereocenters. The van der Waals surface area contributed by atoms with Crippen molar-refractivity contribution in [2.75, 3.05) is 54.2 Å². The van der Waals surface area contributed by atoms with Crippen LogP contribution in [-0.4, -0.2) is 67.9 Å². The third-order valence-corrected chi connectivity index (χ3v) is 5.72. The molecule has 7 nitrogen and oxygen atoms in total. The zero-order valence-electron chi connectivity index (χ0n) is 14.4. The Balaban J connectivity index is 1.44. The third-order valence-electron chi connectivity index (χ3n) is 4.67. The summed E-state index contributed by atoms with van der Waals surface area (Å²) in [6.07, 6.45) is 2.01. The first-order valence-corrected chi connectivity index (χ1v) is 9.97. The molecule has 0 bridgehead atoms. The van der Waals surface area contributed by atoms with Crippen molar-refractivity contribution < 1.29 is 13.9 Å². The number of anilines is 2. The Morgan fingerprint density at radius 3 is 3.08 bits per heavy atom. The number of nitrogens with one attached hydrogen (secondary N) is 1. The molecule has 2 fully saturated rings. The summed E-state index contributed by atoms with van der Waals surface area (Å²) in [7, 11) is 0. The fraction of sp³-hybridized carbons (Fsp3) is 0.529. The Morgan fingerprint density at radius 2 is 2.27 bits per heavy atom. The van der Waals surface area contributed by atoms with Crippen molar-refractivity contribution in [2.45, 2.75) is 12.5 Å². The number of carbonyl (C=O) groups excluding carboxylic acids is 1. The summed E-state index contributed by atoms with van der Waals surface area (Å²) in [5, 5.41) is 1.79. The first-order valence-electron chi connectivity index (χ1n) is 8.81. The maximum absolute atomic E-state index is 14.7. The van der Waals surface area contributed by atoms with Gasteiger partial charge >= 0.3 is 6.09 Å². The zero-order chi connectivity index (χ0) is 17.9. The van der Waals surface area contributed by atoms with Gasteiger partial charge in [-0.15, -0.1) is 0 Å². The van der Waals surface area contributed by atoms with Crippen LogP contribution in [0, 0.1) is 5.82 Å². The number of hydrogen-bond acceptors (Lipinski definition) is 7. The second-order valence-corrected chi connectivity index (χ2v) is 7.70. The van der Waals surface area contributed by atoms with E-state index < -0.39 is 6.09 Å². The van der Waals surface area contributed by atoms with Gasteiger partial charge in [0.05, 0.1) is 24.5 Å². The van der Waals surface area contributed by atoms with Crippen LogP contribution in [0.25, 0.3) is 0 Å². The summed E-state index contributed by atoms with van der Waals surface area (Å²) in [5.74, 6) is 1.84. The van der Waals surface area contributed by atoms with Gasteiger partial charge in [-0.25, -0.2) is 14.6 Å². The molecule has 0 aromatic heterocycles. The van der Waals surface area contributed by atoms with Crippen molar-refractivity contribution in [3.63, 3.8) is 0 Å². The summed E-state index contributed by atoms with van der Waals surface area (Å²) in [6.45, 7) is 3.15. The number of hydrogen-bond donors (Lipinski definition) is 1. The fourth-order valence-corrected chi connectivity index (χ4v) is 4.26. The molecule has 1 aromatic carbocycles. The lowest BCUT2D eigenvalue weighted by molar-refractivity contribution is 0.120. The second kappa shape index (κ2) is 7.71. The van der Waals surface area contributed by atoms with Crippen LogP contribution in [0.3, 0.4) is 0 Å². The Labute approximate surface area is 156 Å². The molecule has 0 saturated carbocycles. The Hall–Kier alpha value is -2.00. The average Bonchev–Trinajstić information content (AvgIpc) is 3.17. The molecular weight excluding hydrogens is 357 g/mol. The van der Waals surface area contributed by atoms with Crippen LogP contribution < -0.4 is 15.2 Å². The molecule has 3 aliphatic rings. The standard InChI is InChI=1S/C17H22FN5O2S/c18-15-8-13(2-3-16(15)21-4-1-6-26-7-5-21)23-10-14(25-17(23)24)9-22-12-19-11-20-22/h2-3,8,12,14,20H,1,4-7,9-11H2. The predicted octanol–water partition coefficient (Wildman–Crippen LogP) is 1.90. The van der Waals surface area contributed by atoms with Gasteiger partial charge in [0.1, 0.15) is 24.9 Å². The van der Waals surface area contributed by atoms with E-state index in [0.29, 0.717) is 31.1 Å². The molecule has 0 radical (unpaired) electrons. The minimum absolute atomic E-state index is 0.287. The Morgan fingerprint density at radius 1 is 1.35 bits per heavy atom. The van der Waals surface area contributed by atoms with Crippen molar-refractivity contribution in [1.82, 2.24) is 10.4 Å². The molecule has 1 amide bonds. The molecule has 4 rings (SSSR count). The van der Waals surface area contributed by atoms with Crippen molar-refractivity contribution in [2.24, 2.45) is 4.99 Å². The molecule has 2 saturated heterocycles. The number of rotatable bonds is 4. The van der Waals surface area contributed by atoms with Crippen LogP contribution >= 0.6 is 11.8 Å².